The van der Waals surface area contributed by atoms with Crippen LogP contribution < -0.4 is 5.32 Å². The Bertz CT molecular complexity index is 781. The molecule has 2 heterocycles. The van der Waals surface area contributed by atoms with Crippen molar-refractivity contribution in [1.29, 1.82) is 0 Å². The quantitative estimate of drug-likeness (QED) is 0.724. The van der Waals surface area contributed by atoms with E-state index in [2.05, 4.69) is 20.8 Å². The summed E-state index contributed by atoms with van der Waals surface area (Å²) in [5.41, 5.74) is -0.356. The van der Waals surface area contributed by atoms with Gasteiger partial charge in [0.05, 0.1) is 24.1 Å². The number of hydrogen-bond acceptors (Lipinski definition) is 6. The zero-order chi connectivity index (χ0) is 16.3. The van der Waals surface area contributed by atoms with Crippen molar-refractivity contribution in [1.82, 2.24) is 25.5 Å². The van der Waals surface area contributed by atoms with Crippen molar-refractivity contribution < 1.29 is 14.3 Å². The fourth-order valence-electron chi connectivity index (χ4n) is 2.16. The molecule has 0 radical (unpaired) electrons. The van der Waals surface area contributed by atoms with Crippen LogP contribution in [0.15, 0.2) is 53.4 Å². The minimum absolute atomic E-state index is 0.00326. The first kappa shape index (κ1) is 14.9. The number of hydrogen-bond donors (Lipinski definition) is 2. The Kier molecular flexibility index (Phi) is 3.90. The number of amides is 1. The highest BCUT2D eigenvalue weighted by atomic mass is 16.4. The van der Waals surface area contributed by atoms with E-state index >= 15 is 0 Å². The summed E-state index contributed by atoms with van der Waals surface area (Å²) in [6, 6.07) is 10.3. The number of carbonyl (C=O) groups excluding carboxylic acids is 1. The molecular formula is C15H15N5O3. The van der Waals surface area contributed by atoms with Crippen LogP contribution in [0.5, 0.6) is 0 Å². The Morgan fingerprint density at radius 2 is 2.17 bits per heavy atom. The number of furan rings is 1. The molecular weight excluding hydrogens is 298 g/mol. The predicted octanol–water partition coefficient (Wildman–Crippen LogP) is 0.893. The lowest BCUT2D eigenvalue weighted by molar-refractivity contribution is 0.0330. The second-order valence-electron chi connectivity index (χ2n) is 5.21. The van der Waals surface area contributed by atoms with Crippen molar-refractivity contribution in [2.24, 2.45) is 0 Å². The van der Waals surface area contributed by atoms with E-state index in [1.54, 1.807) is 43.3 Å². The number of benzene rings is 1. The number of para-hydroxylation sites is 1. The van der Waals surface area contributed by atoms with E-state index < -0.39 is 5.60 Å². The number of nitrogens with zero attached hydrogens (tertiary/aromatic N) is 4. The molecule has 0 spiro atoms. The monoisotopic (exact) mass is 313 g/mol. The van der Waals surface area contributed by atoms with E-state index in [4.69, 9.17) is 4.42 Å². The van der Waals surface area contributed by atoms with Crippen LogP contribution >= 0.6 is 0 Å². The van der Waals surface area contributed by atoms with Gasteiger partial charge in [0, 0.05) is 0 Å². The van der Waals surface area contributed by atoms with Crippen LogP contribution in [0.4, 0.5) is 0 Å². The normalized spacial score (nSPS) is 13.5. The van der Waals surface area contributed by atoms with E-state index in [0.717, 1.165) is 0 Å². The van der Waals surface area contributed by atoms with Gasteiger partial charge >= 0.3 is 0 Å². The summed E-state index contributed by atoms with van der Waals surface area (Å²) in [6.45, 7) is 1.57. The van der Waals surface area contributed by atoms with Gasteiger partial charge in [-0.25, -0.2) is 0 Å². The molecule has 0 fully saturated rings. The van der Waals surface area contributed by atoms with E-state index in [0.29, 0.717) is 17.0 Å². The Morgan fingerprint density at radius 1 is 1.35 bits per heavy atom. The largest absolute Gasteiger partial charge is 0.466 e. The Labute approximate surface area is 131 Å². The highest BCUT2D eigenvalue weighted by Crippen LogP contribution is 2.20. The van der Waals surface area contributed by atoms with Gasteiger partial charge in [0.25, 0.3) is 5.91 Å². The Balaban J connectivity index is 1.77. The molecule has 118 valence electrons. The zero-order valence-corrected chi connectivity index (χ0v) is 12.4. The summed E-state index contributed by atoms with van der Waals surface area (Å²) < 4.78 is 6.59. The molecule has 3 rings (SSSR count). The summed E-state index contributed by atoms with van der Waals surface area (Å²) >= 11 is 0. The number of nitrogens with one attached hydrogen (secondary N) is 1. The summed E-state index contributed by atoms with van der Waals surface area (Å²) in [5, 5.41) is 24.0. The lowest BCUT2D eigenvalue weighted by Gasteiger charge is -2.21. The molecule has 8 nitrogen and oxygen atoms in total. The Hall–Kier alpha value is -3.00. The molecule has 8 heteroatoms. The first-order valence-electron chi connectivity index (χ1n) is 6.95. The molecule has 3 aromatic rings. The average molecular weight is 313 g/mol. The summed E-state index contributed by atoms with van der Waals surface area (Å²) in [7, 11) is 0. The minimum Gasteiger partial charge on any atom is -0.466 e. The number of tetrazole rings is 1. The predicted molar refractivity (Wildman–Crippen MR) is 79.8 cm³/mol. The van der Waals surface area contributed by atoms with Gasteiger partial charge in [-0.2, -0.15) is 4.68 Å². The first-order chi connectivity index (χ1) is 11.1. The van der Waals surface area contributed by atoms with E-state index in [-0.39, 0.29) is 12.5 Å². The molecule has 1 amide bonds. The average Bonchev–Trinajstić information content (AvgIpc) is 3.25. The molecule has 2 aromatic heterocycles. The van der Waals surface area contributed by atoms with Gasteiger partial charge in [0.1, 0.15) is 17.7 Å². The third-order valence-corrected chi connectivity index (χ3v) is 3.39. The van der Waals surface area contributed by atoms with Crippen molar-refractivity contribution in [2.75, 3.05) is 6.54 Å². The van der Waals surface area contributed by atoms with Crippen molar-refractivity contribution in [3.63, 3.8) is 0 Å². The highest BCUT2D eigenvalue weighted by Gasteiger charge is 2.27. The molecule has 1 aromatic carbocycles. The molecule has 0 aliphatic carbocycles. The van der Waals surface area contributed by atoms with E-state index in [1.807, 2.05) is 0 Å². The maximum Gasteiger partial charge on any atom is 0.253 e. The third-order valence-electron chi connectivity index (χ3n) is 3.39. The second kappa shape index (κ2) is 6.01. The van der Waals surface area contributed by atoms with Gasteiger partial charge in [-0.15, -0.1) is 5.10 Å². The van der Waals surface area contributed by atoms with Crippen LogP contribution in [0.1, 0.15) is 23.0 Å². The van der Waals surface area contributed by atoms with E-state index in [1.165, 1.54) is 17.3 Å². The maximum absolute atomic E-state index is 12.4. The van der Waals surface area contributed by atoms with Crippen LogP contribution in [0.3, 0.4) is 0 Å². The van der Waals surface area contributed by atoms with Gasteiger partial charge in [0.15, 0.2) is 0 Å². The maximum atomic E-state index is 12.4. The molecule has 0 saturated carbocycles. The van der Waals surface area contributed by atoms with Gasteiger partial charge in [-0.05, 0) is 41.6 Å². The lowest BCUT2D eigenvalue weighted by Crippen LogP contribution is -2.38. The summed E-state index contributed by atoms with van der Waals surface area (Å²) in [6.07, 6.45) is 2.88. The number of rotatable bonds is 5. The van der Waals surface area contributed by atoms with Crippen LogP contribution in [0, 0.1) is 0 Å². The molecule has 0 bridgehead atoms. The van der Waals surface area contributed by atoms with Crippen molar-refractivity contribution in [2.45, 2.75) is 12.5 Å². The lowest BCUT2D eigenvalue weighted by atomic mass is 10.0. The SMILES string of the molecule is CC(O)(CNC(=O)c1ccccc1-n1cnnn1)c1ccco1. The highest BCUT2D eigenvalue weighted by molar-refractivity contribution is 5.97. The second-order valence-corrected chi connectivity index (χ2v) is 5.21. The first-order valence-corrected chi connectivity index (χ1v) is 6.95. The van der Waals surface area contributed by atoms with E-state index in [9.17, 15) is 9.90 Å². The van der Waals surface area contributed by atoms with Gasteiger partial charge < -0.3 is 14.8 Å². The van der Waals surface area contributed by atoms with Crippen molar-refractivity contribution in [3.05, 3.63) is 60.3 Å². The Morgan fingerprint density at radius 3 is 2.87 bits per heavy atom. The number of aliphatic hydroxyl groups is 1. The fraction of sp³-hybridized carbons (Fsp3) is 0.200. The third kappa shape index (κ3) is 3.11. The molecule has 1 atom stereocenters. The topological polar surface area (TPSA) is 106 Å². The van der Waals surface area contributed by atoms with Crippen LogP contribution in [-0.4, -0.2) is 37.8 Å². The summed E-state index contributed by atoms with van der Waals surface area (Å²) in [4.78, 5) is 12.4. The number of aromatic nitrogens is 4. The van der Waals surface area contributed by atoms with Crippen molar-refractivity contribution in [3.8, 4) is 5.69 Å². The number of carbonyl (C=O) groups is 1. The standard InChI is InChI=1S/C15H15N5O3/c1-15(22,13-7-4-8-23-13)9-16-14(21)11-5-2-3-6-12(11)20-10-17-18-19-20/h2-8,10,22H,9H2,1H3,(H,16,21). The van der Waals surface area contributed by atoms with Crippen LogP contribution in [-0.2, 0) is 5.60 Å². The molecule has 0 aliphatic heterocycles. The van der Waals surface area contributed by atoms with Gasteiger partial charge in [-0.3, -0.25) is 4.79 Å². The van der Waals surface area contributed by atoms with Crippen molar-refractivity contribution >= 4 is 5.91 Å². The van der Waals surface area contributed by atoms with Gasteiger partial charge in [0.2, 0.25) is 0 Å². The molecule has 2 N–H and O–H groups in total. The summed E-state index contributed by atoms with van der Waals surface area (Å²) in [5.74, 6) is 0.0366. The molecule has 23 heavy (non-hydrogen) atoms. The van der Waals surface area contributed by atoms with Crippen LogP contribution in [0.2, 0.25) is 0 Å². The molecule has 0 saturated heterocycles. The fourth-order valence-corrected chi connectivity index (χ4v) is 2.16. The van der Waals surface area contributed by atoms with Crippen LogP contribution in [0.25, 0.3) is 5.69 Å². The van der Waals surface area contributed by atoms with Gasteiger partial charge in [-0.1, -0.05) is 12.1 Å². The molecule has 0 aliphatic rings. The minimum atomic E-state index is -1.30. The zero-order valence-electron chi connectivity index (χ0n) is 12.4. The molecule has 1 unspecified atom stereocenters. The smallest absolute Gasteiger partial charge is 0.253 e.